The largest absolute Gasteiger partial charge is 0.394 e. The van der Waals surface area contributed by atoms with Crippen molar-refractivity contribution in [3.63, 3.8) is 0 Å². The Balaban J connectivity index is 2.22. The molecule has 72 valence electrons. The number of piperidine rings is 1. The molecule has 0 spiro atoms. The summed E-state index contributed by atoms with van der Waals surface area (Å²) in [6.07, 6.45) is 1.56. The minimum absolute atomic E-state index is 0.161. The summed E-state index contributed by atoms with van der Waals surface area (Å²) in [4.78, 5) is 2.11. The number of rotatable bonds is 3. The molecule has 0 aromatic heterocycles. The van der Waals surface area contributed by atoms with Gasteiger partial charge in [0.25, 0.3) is 0 Å². The third kappa shape index (κ3) is 3.06. The van der Waals surface area contributed by atoms with E-state index in [1.54, 1.807) is 0 Å². The third-order valence-electron chi connectivity index (χ3n) is 2.22. The Morgan fingerprint density at radius 1 is 1.58 bits per heavy atom. The van der Waals surface area contributed by atoms with Crippen LogP contribution in [-0.2, 0) is 0 Å². The molecule has 0 radical (unpaired) electrons. The van der Waals surface area contributed by atoms with Crippen LogP contribution in [0.4, 0.5) is 0 Å². The Morgan fingerprint density at radius 3 is 2.92 bits per heavy atom. The summed E-state index contributed by atoms with van der Waals surface area (Å²) < 4.78 is 0. The topological polar surface area (TPSA) is 69.7 Å². The van der Waals surface area contributed by atoms with E-state index in [0.717, 1.165) is 25.9 Å². The van der Waals surface area contributed by atoms with E-state index in [4.69, 9.17) is 15.9 Å². The van der Waals surface area contributed by atoms with E-state index in [-0.39, 0.29) is 12.6 Å². The van der Waals surface area contributed by atoms with Crippen LogP contribution in [0.3, 0.4) is 0 Å². The first-order chi connectivity index (χ1) is 5.72. The lowest BCUT2D eigenvalue weighted by molar-refractivity contribution is 0.0507. The SMILES string of the molecule is N[C@@H]1CCCN(CC(O)CO)C1. The highest BCUT2D eigenvalue weighted by molar-refractivity contribution is 4.76. The van der Waals surface area contributed by atoms with Gasteiger partial charge in [-0.3, -0.25) is 4.90 Å². The molecular formula is C8H18N2O2. The van der Waals surface area contributed by atoms with Crippen molar-refractivity contribution >= 4 is 0 Å². The fourth-order valence-electron chi connectivity index (χ4n) is 1.61. The molecule has 4 nitrogen and oxygen atoms in total. The van der Waals surface area contributed by atoms with E-state index >= 15 is 0 Å². The van der Waals surface area contributed by atoms with Crippen molar-refractivity contribution in [2.24, 2.45) is 5.73 Å². The third-order valence-corrected chi connectivity index (χ3v) is 2.22. The van der Waals surface area contributed by atoms with Crippen LogP contribution in [0.2, 0.25) is 0 Å². The average Bonchev–Trinajstić information content (AvgIpc) is 2.04. The number of hydrogen-bond acceptors (Lipinski definition) is 4. The standard InChI is InChI=1S/C8H18N2O2/c9-7-2-1-3-10(4-7)5-8(12)6-11/h7-8,11-12H,1-6,9H2/t7-,8?/m1/s1. The minimum atomic E-state index is -0.615. The van der Waals surface area contributed by atoms with Crippen molar-refractivity contribution in [1.29, 1.82) is 0 Å². The summed E-state index contributed by atoms with van der Waals surface area (Å²) in [6.45, 7) is 2.22. The first kappa shape index (κ1) is 9.92. The molecular weight excluding hydrogens is 156 g/mol. The average molecular weight is 174 g/mol. The van der Waals surface area contributed by atoms with E-state index in [2.05, 4.69) is 4.90 Å². The van der Waals surface area contributed by atoms with Gasteiger partial charge in [0.1, 0.15) is 0 Å². The van der Waals surface area contributed by atoms with Gasteiger partial charge in [-0.2, -0.15) is 0 Å². The van der Waals surface area contributed by atoms with Gasteiger partial charge in [0.05, 0.1) is 12.7 Å². The maximum absolute atomic E-state index is 9.16. The molecule has 1 heterocycles. The highest BCUT2D eigenvalue weighted by Gasteiger charge is 2.18. The second-order valence-corrected chi connectivity index (χ2v) is 3.50. The van der Waals surface area contributed by atoms with Crippen LogP contribution in [0.25, 0.3) is 0 Å². The zero-order valence-corrected chi connectivity index (χ0v) is 7.32. The van der Waals surface area contributed by atoms with Crippen LogP contribution in [0.5, 0.6) is 0 Å². The summed E-state index contributed by atoms with van der Waals surface area (Å²) in [5.41, 5.74) is 5.76. The monoisotopic (exact) mass is 174 g/mol. The molecule has 1 rings (SSSR count). The highest BCUT2D eigenvalue weighted by atomic mass is 16.3. The highest BCUT2D eigenvalue weighted by Crippen LogP contribution is 2.08. The van der Waals surface area contributed by atoms with Gasteiger partial charge in [-0.05, 0) is 19.4 Å². The minimum Gasteiger partial charge on any atom is -0.394 e. The Labute approximate surface area is 73.0 Å². The molecule has 1 aliphatic rings. The molecule has 1 aliphatic heterocycles. The van der Waals surface area contributed by atoms with Gasteiger partial charge in [-0.1, -0.05) is 0 Å². The van der Waals surface area contributed by atoms with E-state index in [1.807, 2.05) is 0 Å². The Hall–Kier alpha value is -0.160. The zero-order chi connectivity index (χ0) is 8.97. The molecule has 0 bridgehead atoms. The van der Waals surface area contributed by atoms with E-state index < -0.39 is 6.10 Å². The molecule has 4 N–H and O–H groups in total. The van der Waals surface area contributed by atoms with Crippen molar-refractivity contribution in [3.05, 3.63) is 0 Å². The number of likely N-dealkylation sites (tertiary alicyclic amines) is 1. The Morgan fingerprint density at radius 2 is 2.33 bits per heavy atom. The normalized spacial score (nSPS) is 28.8. The summed E-state index contributed by atoms with van der Waals surface area (Å²) in [6, 6.07) is 0.240. The van der Waals surface area contributed by atoms with Crippen molar-refractivity contribution in [2.75, 3.05) is 26.2 Å². The summed E-state index contributed by atoms with van der Waals surface area (Å²) in [5, 5.41) is 17.8. The van der Waals surface area contributed by atoms with E-state index in [1.165, 1.54) is 0 Å². The molecule has 2 atom stereocenters. The van der Waals surface area contributed by atoms with Gasteiger partial charge < -0.3 is 15.9 Å². The molecule has 0 aromatic carbocycles. The molecule has 1 fully saturated rings. The summed E-state index contributed by atoms with van der Waals surface area (Å²) in [7, 11) is 0. The zero-order valence-electron chi connectivity index (χ0n) is 7.32. The van der Waals surface area contributed by atoms with E-state index in [0.29, 0.717) is 6.54 Å². The number of aliphatic hydroxyl groups is 2. The second kappa shape index (κ2) is 4.77. The van der Waals surface area contributed by atoms with Gasteiger partial charge in [-0.15, -0.1) is 0 Å². The van der Waals surface area contributed by atoms with Crippen molar-refractivity contribution in [2.45, 2.75) is 25.0 Å². The second-order valence-electron chi connectivity index (χ2n) is 3.50. The summed E-state index contributed by atoms with van der Waals surface area (Å²) in [5.74, 6) is 0. The van der Waals surface area contributed by atoms with Gasteiger partial charge in [0.15, 0.2) is 0 Å². The number of nitrogens with two attached hydrogens (primary N) is 1. The van der Waals surface area contributed by atoms with Crippen LogP contribution in [0.1, 0.15) is 12.8 Å². The lowest BCUT2D eigenvalue weighted by Crippen LogP contribution is -2.46. The van der Waals surface area contributed by atoms with Crippen LogP contribution in [0, 0.1) is 0 Å². The van der Waals surface area contributed by atoms with Crippen LogP contribution >= 0.6 is 0 Å². The quantitative estimate of drug-likeness (QED) is 0.501. The molecule has 0 amide bonds. The van der Waals surface area contributed by atoms with Gasteiger partial charge in [0.2, 0.25) is 0 Å². The number of nitrogens with zero attached hydrogens (tertiary/aromatic N) is 1. The smallest absolute Gasteiger partial charge is 0.0897 e. The lowest BCUT2D eigenvalue weighted by atomic mass is 10.1. The number of hydrogen-bond donors (Lipinski definition) is 3. The van der Waals surface area contributed by atoms with Gasteiger partial charge in [-0.25, -0.2) is 0 Å². The predicted molar refractivity (Wildman–Crippen MR) is 46.7 cm³/mol. The maximum Gasteiger partial charge on any atom is 0.0897 e. The van der Waals surface area contributed by atoms with Crippen molar-refractivity contribution in [1.82, 2.24) is 4.90 Å². The molecule has 0 aromatic rings. The number of β-amino-alcohol motifs (C(OH)–C–C–N with tert-alkyl or cyclic N) is 1. The van der Waals surface area contributed by atoms with E-state index in [9.17, 15) is 0 Å². The van der Waals surface area contributed by atoms with Gasteiger partial charge >= 0.3 is 0 Å². The Bertz CT molecular complexity index is 132. The van der Waals surface area contributed by atoms with Crippen LogP contribution < -0.4 is 5.73 Å². The lowest BCUT2D eigenvalue weighted by Gasteiger charge is -2.31. The molecule has 1 unspecified atom stereocenters. The molecule has 0 aliphatic carbocycles. The van der Waals surface area contributed by atoms with Crippen LogP contribution in [0.15, 0.2) is 0 Å². The molecule has 4 heteroatoms. The van der Waals surface area contributed by atoms with Crippen molar-refractivity contribution in [3.8, 4) is 0 Å². The molecule has 12 heavy (non-hydrogen) atoms. The first-order valence-electron chi connectivity index (χ1n) is 4.49. The number of aliphatic hydroxyl groups excluding tert-OH is 2. The fraction of sp³-hybridized carbons (Fsp3) is 1.00. The maximum atomic E-state index is 9.16. The first-order valence-corrected chi connectivity index (χ1v) is 4.49. The molecule has 1 saturated heterocycles. The fourth-order valence-corrected chi connectivity index (χ4v) is 1.61. The Kier molecular flexibility index (Phi) is 3.94. The summed E-state index contributed by atoms with van der Waals surface area (Å²) >= 11 is 0. The van der Waals surface area contributed by atoms with Gasteiger partial charge in [0, 0.05) is 19.1 Å². The molecule has 0 saturated carbocycles. The van der Waals surface area contributed by atoms with Crippen molar-refractivity contribution < 1.29 is 10.2 Å². The predicted octanol–water partition coefficient (Wildman–Crippen LogP) is -1.24. The van der Waals surface area contributed by atoms with Crippen LogP contribution in [-0.4, -0.2) is 53.5 Å².